The molecule has 1 saturated heterocycles. The van der Waals surface area contributed by atoms with Gasteiger partial charge in [0, 0.05) is 24.0 Å². The van der Waals surface area contributed by atoms with Crippen LogP contribution in [0.1, 0.15) is 23.2 Å². The number of carbonyl (C=O) groups excluding carboxylic acids is 1. The SMILES string of the molecule is O=C(N=Nc1c(O)[nH]c2ccc(F)cc12)c1ccc(S(=O)(=O)N2CCCC2)cc1. The Bertz CT molecular complexity index is 1210. The van der Waals surface area contributed by atoms with Gasteiger partial charge in [-0.2, -0.15) is 4.31 Å². The van der Waals surface area contributed by atoms with Gasteiger partial charge < -0.3 is 10.1 Å². The first-order chi connectivity index (χ1) is 13.9. The third kappa shape index (κ3) is 3.64. The highest BCUT2D eigenvalue weighted by molar-refractivity contribution is 7.89. The number of aromatic hydroxyl groups is 1. The van der Waals surface area contributed by atoms with Crippen molar-refractivity contribution in [3.8, 4) is 5.88 Å². The van der Waals surface area contributed by atoms with Crippen molar-refractivity contribution in [1.82, 2.24) is 9.29 Å². The van der Waals surface area contributed by atoms with Crippen LogP contribution in [0.15, 0.2) is 57.6 Å². The zero-order valence-electron chi connectivity index (χ0n) is 15.2. The predicted octanol–water partition coefficient (Wildman–Crippen LogP) is 3.72. The second-order valence-electron chi connectivity index (χ2n) is 6.65. The van der Waals surface area contributed by atoms with E-state index in [0.717, 1.165) is 12.8 Å². The Morgan fingerprint density at radius 2 is 1.79 bits per heavy atom. The van der Waals surface area contributed by atoms with Crippen LogP contribution in [0, 0.1) is 5.82 Å². The first kappa shape index (κ1) is 19.2. The lowest BCUT2D eigenvalue weighted by Crippen LogP contribution is -2.27. The topological polar surface area (TPSA) is 115 Å². The van der Waals surface area contributed by atoms with Crippen molar-refractivity contribution in [3.63, 3.8) is 0 Å². The Hall–Kier alpha value is -3.11. The number of sulfonamides is 1. The highest BCUT2D eigenvalue weighted by Crippen LogP contribution is 2.35. The fraction of sp³-hybridized carbons (Fsp3) is 0.211. The highest BCUT2D eigenvalue weighted by Gasteiger charge is 2.27. The average Bonchev–Trinajstić information content (AvgIpc) is 3.35. The minimum absolute atomic E-state index is 0.0546. The molecule has 1 aromatic heterocycles. The molecule has 0 saturated carbocycles. The van der Waals surface area contributed by atoms with Gasteiger partial charge in [-0.25, -0.2) is 12.8 Å². The number of fused-ring (bicyclic) bond motifs is 1. The molecule has 0 spiro atoms. The molecule has 1 amide bonds. The van der Waals surface area contributed by atoms with Gasteiger partial charge in [-0.05, 0) is 55.3 Å². The second kappa shape index (κ2) is 7.37. The van der Waals surface area contributed by atoms with Crippen LogP contribution in [0.5, 0.6) is 5.88 Å². The van der Waals surface area contributed by atoms with E-state index in [1.807, 2.05) is 0 Å². The highest BCUT2D eigenvalue weighted by atomic mass is 32.2. The number of nitrogens with zero attached hydrogens (tertiary/aromatic N) is 3. The zero-order valence-corrected chi connectivity index (χ0v) is 16.0. The monoisotopic (exact) mass is 416 g/mol. The van der Waals surface area contributed by atoms with Gasteiger partial charge in [0.15, 0.2) is 5.69 Å². The number of halogens is 1. The standard InChI is InChI=1S/C19H17FN4O4S/c20-13-5-8-16-15(11-13)17(19(26)21-16)22-23-18(25)12-3-6-14(7-4-12)29(27,28)24-9-1-2-10-24/h3-8,11,21,26H,1-2,9-10H2. The van der Waals surface area contributed by atoms with Gasteiger partial charge in [0.1, 0.15) is 5.82 Å². The summed E-state index contributed by atoms with van der Waals surface area (Å²) >= 11 is 0. The largest absolute Gasteiger partial charge is 0.493 e. The lowest BCUT2D eigenvalue weighted by atomic mass is 10.2. The van der Waals surface area contributed by atoms with E-state index >= 15 is 0 Å². The zero-order chi connectivity index (χ0) is 20.6. The van der Waals surface area contributed by atoms with Gasteiger partial charge in [0.05, 0.1) is 10.4 Å². The molecule has 10 heteroatoms. The summed E-state index contributed by atoms with van der Waals surface area (Å²) in [6.45, 7) is 0.984. The number of aromatic amines is 1. The molecule has 0 unspecified atom stereocenters. The number of hydrogen-bond donors (Lipinski definition) is 2. The number of rotatable bonds is 4. The molecule has 150 valence electrons. The number of carbonyl (C=O) groups is 1. The number of amides is 1. The van der Waals surface area contributed by atoms with Crippen LogP contribution in [-0.4, -0.2) is 41.8 Å². The van der Waals surface area contributed by atoms with E-state index in [0.29, 0.717) is 18.6 Å². The first-order valence-electron chi connectivity index (χ1n) is 8.93. The molecule has 0 bridgehead atoms. The molecule has 1 fully saturated rings. The summed E-state index contributed by atoms with van der Waals surface area (Å²) in [4.78, 5) is 15.0. The van der Waals surface area contributed by atoms with E-state index in [2.05, 4.69) is 15.2 Å². The van der Waals surface area contributed by atoms with Gasteiger partial charge in [0.25, 0.3) is 5.91 Å². The summed E-state index contributed by atoms with van der Waals surface area (Å²) in [7, 11) is -3.57. The Balaban J connectivity index is 1.56. The minimum Gasteiger partial charge on any atom is -0.493 e. The summed E-state index contributed by atoms with van der Waals surface area (Å²) in [6.07, 6.45) is 1.67. The molecule has 2 heterocycles. The first-order valence-corrected chi connectivity index (χ1v) is 10.4. The molecular formula is C19H17FN4O4S. The maximum Gasteiger partial charge on any atom is 0.295 e. The van der Waals surface area contributed by atoms with E-state index in [1.54, 1.807) is 0 Å². The Morgan fingerprint density at radius 3 is 2.48 bits per heavy atom. The molecule has 0 radical (unpaired) electrons. The molecule has 0 aliphatic carbocycles. The van der Waals surface area contributed by atoms with E-state index in [1.165, 1.54) is 46.8 Å². The predicted molar refractivity (Wildman–Crippen MR) is 103 cm³/mol. The van der Waals surface area contributed by atoms with Crippen LogP contribution in [0.3, 0.4) is 0 Å². The van der Waals surface area contributed by atoms with Crippen molar-refractivity contribution in [3.05, 3.63) is 53.8 Å². The van der Waals surface area contributed by atoms with Crippen molar-refractivity contribution in [2.75, 3.05) is 13.1 Å². The lowest BCUT2D eigenvalue weighted by molar-refractivity contribution is 0.0995. The van der Waals surface area contributed by atoms with Crippen molar-refractivity contribution in [2.45, 2.75) is 17.7 Å². The molecular weight excluding hydrogens is 399 g/mol. The number of aromatic nitrogens is 1. The number of azo groups is 1. The summed E-state index contributed by atoms with van der Waals surface area (Å²) < 4.78 is 39.9. The third-order valence-corrected chi connectivity index (χ3v) is 6.67. The lowest BCUT2D eigenvalue weighted by Gasteiger charge is -2.15. The van der Waals surface area contributed by atoms with E-state index in [-0.39, 0.29) is 27.4 Å². The number of hydrogen-bond acceptors (Lipinski definition) is 5. The van der Waals surface area contributed by atoms with Crippen LogP contribution in [0.2, 0.25) is 0 Å². The third-order valence-electron chi connectivity index (χ3n) is 4.76. The van der Waals surface area contributed by atoms with Crippen molar-refractivity contribution < 1.29 is 22.7 Å². The second-order valence-corrected chi connectivity index (χ2v) is 8.59. The average molecular weight is 416 g/mol. The Morgan fingerprint density at radius 1 is 1.10 bits per heavy atom. The molecule has 0 atom stereocenters. The molecule has 2 aromatic carbocycles. The Kier molecular flexibility index (Phi) is 4.89. The minimum atomic E-state index is -3.57. The molecule has 8 nitrogen and oxygen atoms in total. The van der Waals surface area contributed by atoms with Crippen LogP contribution in [-0.2, 0) is 10.0 Å². The molecule has 3 aromatic rings. The van der Waals surface area contributed by atoms with Gasteiger partial charge in [-0.3, -0.25) is 4.79 Å². The number of H-pyrrole nitrogens is 1. The van der Waals surface area contributed by atoms with E-state index in [4.69, 9.17) is 0 Å². The summed E-state index contributed by atoms with van der Waals surface area (Å²) in [5.74, 6) is -1.58. The van der Waals surface area contributed by atoms with Crippen LogP contribution in [0.4, 0.5) is 10.1 Å². The maximum absolute atomic E-state index is 13.4. The molecule has 2 N–H and O–H groups in total. The Labute approximate surface area is 165 Å². The molecule has 1 aliphatic rings. The van der Waals surface area contributed by atoms with Crippen molar-refractivity contribution in [2.24, 2.45) is 10.2 Å². The number of benzene rings is 2. The van der Waals surface area contributed by atoms with Crippen molar-refractivity contribution in [1.29, 1.82) is 0 Å². The number of nitrogens with one attached hydrogen (secondary N) is 1. The molecule has 29 heavy (non-hydrogen) atoms. The van der Waals surface area contributed by atoms with Gasteiger partial charge >= 0.3 is 0 Å². The fourth-order valence-electron chi connectivity index (χ4n) is 3.24. The maximum atomic E-state index is 13.4. The smallest absolute Gasteiger partial charge is 0.295 e. The van der Waals surface area contributed by atoms with Gasteiger partial charge in [-0.1, -0.05) is 0 Å². The van der Waals surface area contributed by atoms with Gasteiger partial charge in [0.2, 0.25) is 15.9 Å². The van der Waals surface area contributed by atoms with Crippen molar-refractivity contribution >= 4 is 32.5 Å². The summed E-state index contributed by atoms with van der Waals surface area (Å²) in [5.41, 5.74) is 0.530. The van der Waals surface area contributed by atoms with Crippen LogP contribution in [0.25, 0.3) is 10.9 Å². The summed E-state index contributed by atoms with van der Waals surface area (Å²) in [6, 6.07) is 9.26. The quantitative estimate of drug-likeness (QED) is 0.631. The van der Waals surface area contributed by atoms with Gasteiger partial charge in [-0.15, -0.1) is 10.2 Å². The molecule has 1 aliphatic heterocycles. The van der Waals surface area contributed by atoms with E-state index in [9.17, 15) is 22.7 Å². The van der Waals surface area contributed by atoms with Crippen LogP contribution >= 0.6 is 0 Å². The summed E-state index contributed by atoms with van der Waals surface area (Å²) in [5, 5.41) is 17.5. The fourth-order valence-corrected chi connectivity index (χ4v) is 4.75. The van der Waals surface area contributed by atoms with E-state index < -0.39 is 21.7 Å². The normalized spacial score (nSPS) is 15.5. The van der Waals surface area contributed by atoms with Crippen LogP contribution < -0.4 is 0 Å². The molecule has 4 rings (SSSR count).